The fourth-order valence-electron chi connectivity index (χ4n) is 1.91. The Hall–Kier alpha value is -2.93. The zero-order chi connectivity index (χ0) is 17.4. The van der Waals surface area contributed by atoms with Crippen LogP contribution in [0.3, 0.4) is 0 Å². The molecule has 0 aliphatic heterocycles. The lowest BCUT2D eigenvalue weighted by Gasteiger charge is -2.07. The number of methoxy groups -OCH3 is 2. The van der Waals surface area contributed by atoms with E-state index in [0.29, 0.717) is 24.6 Å². The fraction of sp³-hybridized carbons (Fsp3) is 0.235. The van der Waals surface area contributed by atoms with Crippen LogP contribution in [-0.4, -0.2) is 44.2 Å². The molecule has 0 saturated carbocycles. The number of pyridine rings is 1. The molecule has 1 heterocycles. The average Bonchev–Trinajstić information content (AvgIpc) is 2.62. The van der Waals surface area contributed by atoms with Crippen LogP contribution in [0, 0.1) is 0 Å². The molecule has 7 heteroatoms. The van der Waals surface area contributed by atoms with Crippen molar-refractivity contribution in [2.75, 3.05) is 32.7 Å². The molecule has 0 bridgehead atoms. The van der Waals surface area contributed by atoms with Gasteiger partial charge < -0.3 is 20.1 Å². The van der Waals surface area contributed by atoms with Gasteiger partial charge in [0.1, 0.15) is 17.1 Å². The highest BCUT2D eigenvalue weighted by molar-refractivity contribution is 6.03. The van der Waals surface area contributed by atoms with Gasteiger partial charge in [0.05, 0.1) is 13.7 Å². The fourth-order valence-corrected chi connectivity index (χ4v) is 1.91. The quantitative estimate of drug-likeness (QED) is 0.755. The van der Waals surface area contributed by atoms with Crippen LogP contribution in [0.5, 0.6) is 5.75 Å². The minimum atomic E-state index is -0.397. The number of aromatic nitrogens is 1. The molecule has 7 nitrogen and oxygen atoms in total. The van der Waals surface area contributed by atoms with Gasteiger partial charge in [0.2, 0.25) is 0 Å². The van der Waals surface area contributed by atoms with Crippen molar-refractivity contribution in [3.05, 3.63) is 53.9 Å². The maximum Gasteiger partial charge on any atom is 0.274 e. The van der Waals surface area contributed by atoms with E-state index in [1.165, 1.54) is 0 Å². The summed E-state index contributed by atoms with van der Waals surface area (Å²) in [5.41, 5.74) is 0.941. The number of anilines is 1. The van der Waals surface area contributed by atoms with Crippen LogP contribution in [0.4, 0.5) is 5.69 Å². The van der Waals surface area contributed by atoms with Gasteiger partial charge in [0.15, 0.2) is 0 Å². The second kappa shape index (κ2) is 8.64. The number of rotatable bonds is 7. The first-order valence-electron chi connectivity index (χ1n) is 7.33. The molecule has 0 aliphatic carbocycles. The predicted octanol–water partition coefficient (Wildman–Crippen LogP) is 1.72. The highest BCUT2D eigenvalue weighted by Gasteiger charge is 2.12. The first-order valence-corrected chi connectivity index (χ1v) is 7.33. The number of ether oxygens (including phenoxy) is 2. The Morgan fingerprint density at radius 1 is 1.00 bits per heavy atom. The van der Waals surface area contributed by atoms with Crippen molar-refractivity contribution >= 4 is 17.5 Å². The molecule has 0 saturated heterocycles. The van der Waals surface area contributed by atoms with Crippen molar-refractivity contribution in [1.82, 2.24) is 10.3 Å². The van der Waals surface area contributed by atoms with Crippen molar-refractivity contribution in [2.24, 2.45) is 0 Å². The first kappa shape index (κ1) is 17.4. The summed E-state index contributed by atoms with van der Waals surface area (Å²) < 4.78 is 9.93. The third-order valence-electron chi connectivity index (χ3n) is 3.15. The van der Waals surface area contributed by atoms with E-state index >= 15 is 0 Å². The Morgan fingerprint density at radius 2 is 1.67 bits per heavy atom. The molecule has 1 aromatic heterocycles. The molecule has 24 heavy (non-hydrogen) atoms. The van der Waals surface area contributed by atoms with E-state index in [-0.39, 0.29) is 17.3 Å². The number of carbonyl (C=O) groups excluding carboxylic acids is 2. The van der Waals surface area contributed by atoms with Crippen LogP contribution < -0.4 is 15.4 Å². The largest absolute Gasteiger partial charge is 0.497 e. The molecule has 0 unspecified atom stereocenters. The zero-order valence-electron chi connectivity index (χ0n) is 13.5. The lowest BCUT2D eigenvalue weighted by molar-refractivity contribution is 0.0932. The van der Waals surface area contributed by atoms with Crippen LogP contribution >= 0.6 is 0 Å². The molecule has 0 atom stereocenters. The van der Waals surface area contributed by atoms with Crippen molar-refractivity contribution in [2.45, 2.75) is 0 Å². The molecule has 2 amide bonds. The molecule has 0 aliphatic rings. The van der Waals surface area contributed by atoms with Crippen molar-refractivity contribution in [1.29, 1.82) is 0 Å². The third kappa shape index (κ3) is 4.79. The lowest BCUT2D eigenvalue weighted by atomic mass is 10.2. The van der Waals surface area contributed by atoms with Gasteiger partial charge in [-0.2, -0.15) is 0 Å². The Morgan fingerprint density at radius 3 is 2.29 bits per heavy atom. The Balaban J connectivity index is 2.03. The third-order valence-corrected chi connectivity index (χ3v) is 3.15. The summed E-state index contributed by atoms with van der Waals surface area (Å²) in [4.78, 5) is 28.3. The van der Waals surface area contributed by atoms with Crippen LogP contribution in [-0.2, 0) is 4.74 Å². The summed E-state index contributed by atoms with van der Waals surface area (Å²) in [6.07, 6.45) is 0. The van der Waals surface area contributed by atoms with Gasteiger partial charge in [-0.3, -0.25) is 9.59 Å². The minimum absolute atomic E-state index is 0.158. The zero-order valence-corrected chi connectivity index (χ0v) is 13.5. The molecule has 0 spiro atoms. The summed E-state index contributed by atoms with van der Waals surface area (Å²) in [5, 5.41) is 5.38. The van der Waals surface area contributed by atoms with E-state index in [0.717, 1.165) is 0 Å². The molecule has 126 valence electrons. The molecule has 2 N–H and O–H groups in total. The Kier molecular flexibility index (Phi) is 6.27. The Labute approximate surface area is 140 Å². The molecule has 2 aromatic rings. The van der Waals surface area contributed by atoms with Crippen molar-refractivity contribution in [3.63, 3.8) is 0 Å². The standard InChI is InChI=1S/C17H19N3O4/c1-23-11-10-18-16(21)14-4-3-5-15(20-14)17(22)19-12-6-8-13(24-2)9-7-12/h3-9H,10-11H2,1-2H3,(H,18,21)(H,19,22). The summed E-state index contributed by atoms with van der Waals surface area (Å²) in [7, 11) is 3.12. The van der Waals surface area contributed by atoms with Gasteiger partial charge in [-0.05, 0) is 36.4 Å². The molecule has 1 aromatic carbocycles. The topological polar surface area (TPSA) is 89.5 Å². The maximum absolute atomic E-state index is 12.2. The lowest BCUT2D eigenvalue weighted by Crippen LogP contribution is -2.28. The minimum Gasteiger partial charge on any atom is -0.497 e. The van der Waals surface area contributed by atoms with Crippen molar-refractivity contribution < 1.29 is 19.1 Å². The molecule has 0 radical (unpaired) electrons. The molecular formula is C17H19N3O4. The smallest absolute Gasteiger partial charge is 0.274 e. The number of hydrogen-bond acceptors (Lipinski definition) is 5. The number of nitrogens with zero attached hydrogens (tertiary/aromatic N) is 1. The van der Waals surface area contributed by atoms with E-state index in [2.05, 4.69) is 15.6 Å². The summed E-state index contributed by atoms with van der Waals surface area (Å²) in [6.45, 7) is 0.780. The summed E-state index contributed by atoms with van der Waals surface area (Å²) in [5.74, 6) is -0.0568. The first-order chi connectivity index (χ1) is 11.6. The number of hydrogen-bond donors (Lipinski definition) is 2. The van der Waals surface area contributed by atoms with Crippen LogP contribution in [0.15, 0.2) is 42.5 Å². The van der Waals surface area contributed by atoms with E-state index < -0.39 is 5.91 Å². The predicted molar refractivity (Wildman–Crippen MR) is 89.4 cm³/mol. The van der Waals surface area contributed by atoms with Crippen molar-refractivity contribution in [3.8, 4) is 5.75 Å². The highest BCUT2D eigenvalue weighted by Crippen LogP contribution is 2.15. The van der Waals surface area contributed by atoms with Gasteiger partial charge in [0.25, 0.3) is 11.8 Å². The van der Waals surface area contributed by atoms with Crippen LogP contribution in [0.2, 0.25) is 0 Å². The van der Waals surface area contributed by atoms with Crippen LogP contribution in [0.25, 0.3) is 0 Å². The average molecular weight is 329 g/mol. The second-order valence-corrected chi connectivity index (χ2v) is 4.84. The van der Waals surface area contributed by atoms with Gasteiger partial charge in [-0.15, -0.1) is 0 Å². The normalized spacial score (nSPS) is 10.1. The van der Waals surface area contributed by atoms with E-state index in [4.69, 9.17) is 9.47 Å². The Bertz CT molecular complexity index is 701. The van der Waals surface area contributed by atoms with Gasteiger partial charge in [-0.25, -0.2) is 4.98 Å². The molecular weight excluding hydrogens is 310 g/mol. The highest BCUT2D eigenvalue weighted by atomic mass is 16.5. The maximum atomic E-state index is 12.2. The summed E-state index contributed by atoms with van der Waals surface area (Å²) in [6, 6.07) is 11.6. The number of carbonyl (C=O) groups is 2. The van der Waals surface area contributed by atoms with Gasteiger partial charge in [0, 0.05) is 19.3 Å². The van der Waals surface area contributed by atoms with Gasteiger partial charge >= 0.3 is 0 Å². The van der Waals surface area contributed by atoms with E-state index in [9.17, 15) is 9.59 Å². The molecule has 2 rings (SSSR count). The SMILES string of the molecule is COCCNC(=O)c1cccc(C(=O)Nc2ccc(OC)cc2)n1. The monoisotopic (exact) mass is 329 g/mol. The number of benzene rings is 1. The van der Waals surface area contributed by atoms with E-state index in [1.807, 2.05) is 0 Å². The molecule has 0 fully saturated rings. The van der Waals surface area contributed by atoms with E-state index in [1.54, 1.807) is 56.7 Å². The summed E-state index contributed by atoms with van der Waals surface area (Å²) >= 11 is 0. The number of nitrogens with one attached hydrogen (secondary N) is 2. The second-order valence-electron chi connectivity index (χ2n) is 4.84. The van der Waals surface area contributed by atoms with Crippen LogP contribution in [0.1, 0.15) is 21.0 Å². The number of amides is 2. The van der Waals surface area contributed by atoms with Gasteiger partial charge in [-0.1, -0.05) is 6.07 Å².